The minimum atomic E-state index is 0.0435. The lowest BCUT2D eigenvalue weighted by molar-refractivity contribution is 0.112. The predicted molar refractivity (Wildman–Crippen MR) is 97.1 cm³/mol. The van der Waals surface area contributed by atoms with E-state index < -0.39 is 0 Å². The van der Waals surface area contributed by atoms with Gasteiger partial charge in [-0.3, -0.25) is 4.79 Å². The number of nitrogens with zero attached hydrogens (tertiary/aromatic N) is 2. The zero-order chi connectivity index (χ0) is 18.5. The Bertz CT molecular complexity index is 907. The summed E-state index contributed by atoms with van der Waals surface area (Å²) in [4.78, 5) is 15.2. The highest BCUT2D eigenvalue weighted by molar-refractivity contribution is 6.35. The molecule has 8 heteroatoms. The minimum Gasteiger partial charge on any atom is -0.490 e. The average Bonchev–Trinajstić information content (AvgIpc) is 3.09. The van der Waals surface area contributed by atoms with Gasteiger partial charge in [-0.25, -0.2) is 0 Å². The van der Waals surface area contributed by atoms with Crippen LogP contribution in [-0.4, -0.2) is 23.0 Å². The van der Waals surface area contributed by atoms with Crippen LogP contribution in [0.4, 0.5) is 0 Å². The molecule has 6 nitrogen and oxygen atoms in total. The SMILES string of the molecule is CCOc1cc(C=O)ccc1OCc1nc(-c2cc(Cl)cc(Cl)c2)no1. The molecule has 0 bridgehead atoms. The van der Waals surface area contributed by atoms with Crippen molar-refractivity contribution in [1.29, 1.82) is 0 Å². The zero-order valence-corrected chi connectivity index (χ0v) is 15.3. The lowest BCUT2D eigenvalue weighted by Gasteiger charge is -2.10. The number of aromatic nitrogens is 2. The number of halogens is 2. The molecule has 1 aromatic heterocycles. The molecule has 0 amide bonds. The fraction of sp³-hybridized carbons (Fsp3) is 0.167. The van der Waals surface area contributed by atoms with Gasteiger partial charge in [0.2, 0.25) is 5.82 Å². The number of rotatable bonds is 7. The van der Waals surface area contributed by atoms with Crippen LogP contribution in [0.2, 0.25) is 10.0 Å². The fourth-order valence-corrected chi connectivity index (χ4v) is 2.76. The van der Waals surface area contributed by atoms with Crippen molar-refractivity contribution in [2.45, 2.75) is 13.5 Å². The summed E-state index contributed by atoms with van der Waals surface area (Å²) in [7, 11) is 0. The number of carbonyl (C=O) groups excluding carboxylic acids is 1. The molecule has 0 saturated heterocycles. The number of hydrogen-bond acceptors (Lipinski definition) is 6. The molecule has 0 fully saturated rings. The Morgan fingerprint density at radius 3 is 2.54 bits per heavy atom. The van der Waals surface area contributed by atoms with E-state index in [0.717, 1.165) is 6.29 Å². The number of aldehydes is 1. The van der Waals surface area contributed by atoms with Gasteiger partial charge in [0.25, 0.3) is 5.89 Å². The lowest BCUT2D eigenvalue weighted by Crippen LogP contribution is -2.00. The third-order valence-electron chi connectivity index (χ3n) is 3.34. The zero-order valence-electron chi connectivity index (χ0n) is 13.7. The number of hydrogen-bond donors (Lipinski definition) is 0. The molecule has 0 radical (unpaired) electrons. The van der Waals surface area contributed by atoms with E-state index in [0.29, 0.717) is 45.1 Å². The first-order valence-corrected chi connectivity index (χ1v) is 8.48. The molecule has 0 aliphatic carbocycles. The second-order valence-electron chi connectivity index (χ2n) is 5.22. The van der Waals surface area contributed by atoms with Gasteiger partial charge in [0.05, 0.1) is 6.61 Å². The Balaban J connectivity index is 1.75. The second kappa shape index (κ2) is 8.21. The van der Waals surface area contributed by atoms with Crippen molar-refractivity contribution in [1.82, 2.24) is 10.1 Å². The van der Waals surface area contributed by atoms with E-state index in [9.17, 15) is 4.79 Å². The van der Waals surface area contributed by atoms with Gasteiger partial charge in [0.15, 0.2) is 18.1 Å². The van der Waals surface area contributed by atoms with E-state index in [2.05, 4.69) is 10.1 Å². The average molecular weight is 393 g/mol. The van der Waals surface area contributed by atoms with E-state index >= 15 is 0 Å². The smallest absolute Gasteiger partial charge is 0.264 e. The standard InChI is InChI=1S/C18H14Cl2N2O4/c1-2-24-16-5-11(9-23)3-4-15(16)25-10-17-21-18(22-26-17)12-6-13(19)8-14(20)7-12/h3-9H,2,10H2,1H3. The Labute approximate surface area is 159 Å². The van der Waals surface area contributed by atoms with Gasteiger partial charge in [-0.2, -0.15) is 4.98 Å². The Morgan fingerprint density at radius 2 is 1.85 bits per heavy atom. The Kier molecular flexibility index (Phi) is 5.75. The largest absolute Gasteiger partial charge is 0.490 e. The Morgan fingerprint density at radius 1 is 1.08 bits per heavy atom. The molecule has 0 unspecified atom stereocenters. The Hall–Kier alpha value is -2.57. The minimum absolute atomic E-state index is 0.0435. The first-order valence-electron chi connectivity index (χ1n) is 7.73. The van der Waals surface area contributed by atoms with Crippen LogP contribution in [0.15, 0.2) is 40.9 Å². The monoisotopic (exact) mass is 392 g/mol. The molecule has 0 N–H and O–H groups in total. The van der Waals surface area contributed by atoms with Gasteiger partial charge in [-0.15, -0.1) is 0 Å². The molecule has 2 aromatic carbocycles. The molecule has 3 aromatic rings. The van der Waals surface area contributed by atoms with Crippen molar-refractivity contribution in [2.24, 2.45) is 0 Å². The van der Waals surface area contributed by atoms with Crippen LogP contribution < -0.4 is 9.47 Å². The van der Waals surface area contributed by atoms with E-state index in [1.165, 1.54) is 0 Å². The molecule has 0 atom stereocenters. The van der Waals surface area contributed by atoms with Crippen molar-refractivity contribution in [3.63, 3.8) is 0 Å². The van der Waals surface area contributed by atoms with Gasteiger partial charge in [0.1, 0.15) is 6.29 Å². The second-order valence-corrected chi connectivity index (χ2v) is 6.09. The molecule has 26 heavy (non-hydrogen) atoms. The number of ether oxygens (including phenoxy) is 2. The van der Waals surface area contributed by atoms with Gasteiger partial charge in [-0.05, 0) is 43.3 Å². The van der Waals surface area contributed by atoms with Gasteiger partial charge >= 0.3 is 0 Å². The van der Waals surface area contributed by atoms with Gasteiger partial charge in [0, 0.05) is 21.2 Å². The van der Waals surface area contributed by atoms with Crippen LogP contribution in [0.3, 0.4) is 0 Å². The first-order chi connectivity index (χ1) is 12.6. The summed E-state index contributed by atoms with van der Waals surface area (Å²) in [5, 5.41) is 4.86. The lowest BCUT2D eigenvalue weighted by atomic mass is 10.2. The first kappa shape index (κ1) is 18.2. The van der Waals surface area contributed by atoms with E-state index in [1.54, 1.807) is 36.4 Å². The number of benzene rings is 2. The summed E-state index contributed by atoms with van der Waals surface area (Å²) < 4.78 is 16.4. The van der Waals surface area contributed by atoms with E-state index in [4.69, 9.17) is 37.2 Å². The van der Waals surface area contributed by atoms with E-state index in [-0.39, 0.29) is 12.5 Å². The molecule has 3 rings (SSSR count). The molecule has 0 aliphatic rings. The van der Waals surface area contributed by atoms with Crippen LogP contribution >= 0.6 is 23.2 Å². The third-order valence-corrected chi connectivity index (χ3v) is 3.78. The highest BCUT2D eigenvalue weighted by Crippen LogP contribution is 2.29. The van der Waals surface area contributed by atoms with E-state index in [1.807, 2.05) is 6.92 Å². The summed E-state index contributed by atoms with van der Waals surface area (Å²) in [6.45, 7) is 2.33. The molecule has 0 saturated carbocycles. The summed E-state index contributed by atoms with van der Waals surface area (Å²) in [6.07, 6.45) is 0.743. The molecule has 0 aliphatic heterocycles. The van der Waals surface area contributed by atoms with Crippen molar-refractivity contribution in [3.05, 3.63) is 57.9 Å². The topological polar surface area (TPSA) is 74.5 Å². The van der Waals surface area contributed by atoms with Gasteiger partial charge < -0.3 is 14.0 Å². The fourth-order valence-electron chi connectivity index (χ4n) is 2.24. The van der Waals surface area contributed by atoms with Crippen LogP contribution in [0, 0.1) is 0 Å². The summed E-state index contributed by atoms with van der Waals surface area (Å²) >= 11 is 12.0. The summed E-state index contributed by atoms with van der Waals surface area (Å²) in [5.41, 5.74) is 1.14. The quantitative estimate of drug-likeness (QED) is 0.535. The van der Waals surface area contributed by atoms with Crippen LogP contribution in [0.1, 0.15) is 23.2 Å². The highest BCUT2D eigenvalue weighted by atomic mass is 35.5. The maximum absolute atomic E-state index is 10.9. The summed E-state index contributed by atoms with van der Waals surface area (Å²) in [6, 6.07) is 9.90. The van der Waals surface area contributed by atoms with Crippen LogP contribution in [0.25, 0.3) is 11.4 Å². The molecular formula is C18H14Cl2N2O4. The summed E-state index contributed by atoms with van der Waals surface area (Å²) in [5.74, 6) is 1.58. The van der Waals surface area contributed by atoms with Gasteiger partial charge in [-0.1, -0.05) is 28.4 Å². The van der Waals surface area contributed by atoms with Crippen molar-refractivity contribution >= 4 is 29.5 Å². The maximum atomic E-state index is 10.9. The van der Waals surface area contributed by atoms with Crippen LogP contribution in [0.5, 0.6) is 11.5 Å². The normalized spacial score (nSPS) is 10.6. The molecule has 1 heterocycles. The maximum Gasteiger partial charge on any atom is 0.264 e. The van der Waals surface area contributed by atoms with Crippen molar-refractivity contribution < 1.29 is 18.8 Å². The highest BCUT2D eigenvalue weighted by Gasteiger charge is 2.13. The third kappa shape index (κ3) is 4.33. The van der Waals surface area contributed by atoms with Crippen molar-refractivity contribution in [3.8, 4) is 22.9 Å². The van der Waals surface area contributed by atoms with Crippen LogP contribution in [-0.2, 0) is 6.61 Å². The predicted octanol–water partition coefficient (Wildman–Crippen LogP) is 4.83. The molecule has 134 valence electrons. The molecular weight excluding hydrogens is 379 g/mol. The van der Waals surface area contributed by atoms with Crippen molar-refractivity contribution in [2.75, 3.05) is 6.61 Å². The number of carbonyl (C=O) groups is 1. The molecule has 0 spiro atoms.